The standard InChI is InChI=1S/C16H19N3O4/c1-3-17-15(21)10(2)23-14(20)9-8-13-18-12-7-5-4-6-11(12)16(22)19-13/h4-7,10H,3,8-9H2,1-2H3,(H,17,21)(H,18,19,22)/t10-/m0/s1. The van der Waals surface area contributed by atoms with Crippen LogP contribution >= 0.6 is 0 Å². The molecule has 122 valence electrons. The fourth-order valence-electron chi connectivity index (χ4n) is 2.10. The average Bonchev–Trinajstić information content (AvgIpc) is 2.53. The number of H-pyrrole nitrogens is 1. The number of esters is 1. The topological polar surface area (TPSA) is 101 Å². The number of nitrogens with zero attached hydrogens (tertiary/aromatic N) is 1. The molecule has 2 N–H and O–H groups in total. The number of amides is 1. The number of hydrogen-bond donors (Lipinski definition) is 2. The quantitative estimate of drug-likeness (QED) is 0.772. The first-order valence-corrected chi connectivity index (χ1v) is 7.46. The maximum atomic E-state index is 11.9. The van der Waals surface area contributed by atoms with Crippen LogP contribution in [0.1, 0.15) is 26.1 Å². The summed E-state index contributed by atoms with van der Waals surface area (Å²) in [6, 6.07) is 6.98. The first-order valence-electron chi connectivity index (χ1n) is 7.46. The van der Waals surface area contributed by atoms with Gasteiger partial charge in [-0.05, 0) is 26.0 Å². The van der Waals surface area contributed by atoms with Gasteiger partial charge in [-0.3, -0.25) is 14.4 Å². The molecule has 0 saturated carbocycles. The van der Waals surface area contributed by atoms with E-state index >= 15 is 0 Å². The van der Waals surface area contributed by atoms with Crippen molar-refractivity contribution in [2.45, 2.75) is 32.8 Å². The van der Waals surface area contributed by atoms with Gasteiger partial charge < -0.3 is 15.0 Å². The number of fused-ring (bicyclic) bond motifs is 1. The van der Waals surface area contributed by atoms with Crippen molar-refractivity contribution in [1.82, 2.24) is 15.3 Å². The van der Waals surface area contributed by atoms with Crippen LogP contribution in [0.3, 0.4) is 0 Å². The molecule has 1 aromatic carbocycles. The van der Waals surface area contributed by atoms with Crippen LogP contribution in [0.15, 0.2) is 29.1 Å². The Morgan fingerprint density at radius 3 is 2.83 bits per heavy atom. The van der Waals surface area contributed by atoms with E-state index in [0.717, 1.165) is 0 Å². The van der Waals surface area contributed by atoms with E-state index in [9.17, 15) is 14.4 Å². The lowest BCUT2D eigenvalue weighted by atomic mass is 10.2. The fraction of sp³-hybridized carbons (Fsp3) is 0.375. The Labute approximate surface area is 133 Å². The Hall–Kier alpha value is -2.70. The predicted molar refractivity (Wildman–Crippen MR) is 84.9 cm³/mol. The van der Waals surface area contributed by atoms with Crippen LogP contribution in [0, 0.1) is 0 Å². The van der Waals surface area contributed by atoms with E-state index in [1.807, 2.05) is 0 Å². The van der Waals surface area contributed by atoms with Gasteiger partial charge in [0, 0.05) is 13.0 Å². The van der Waals surface area contributed by atoms with Gasteiger partial charge in [-0.2, -0.15) is 0 Å². The summed E-state index contributed by atoms with van der Waals surface area (Å²) in [5.74, 6) is -0.436. The van der Waals surface area contributed by atoms with E-state index in [1.54, 1.807) is 31.2 Å². The van der Waals surface area contributed by atoms with Gasteiger partial charge >= 0.3 is 5.97 Å². The molecule has 0 bridgehead atoms. The molecule has 0 aliphatic rings. The van der Waals surface area contributed by atoms with E-state index in [4.69, 9.17) is 4.74 Å². The lowest BCUT2D eigenvalue weighted by Gasteiger charge is -2.12. The third-order valence-electron chi connectivity index (χ3n) is 3.26. The molecule has 2 aromatic rings. The molecule has 23 heavy (non-hydrogen) atoms. The number of likely N-dealkylation sites (N-methyl/N-ethyl adjacent to an activating group) is 1. The lowest BCUT2D eigenvalue weighted by molar-refractivity contribution is -0.154. The number of ether oxygens (including phenoxy) is 1. The molecule has 1 heterocycles. The number of aromatic amines is 1. The summed E-state index contributed by atoms with van der Waals surface area (Å²) < 4.78 is 5.03. The number of hydrogen-bond acceptors (Lipinski definition) is 5. The second-order valence-electron chi connectivity index (χ2n) is 5.06. The fourth-order valence-corrected chi connectivity index (χ4v) is 2.10. The summed E-state index contributed by atoms with van der Waals surface area (Å²) in [5, 5.41) is 3.08. The molecular weight excluding hydrogens is 298 g/mol. The molecule has 1 atom stereocenters. The van der Waals surface area contributed by atoms with Crippen LogP contribution in [0.5, 0.6) is 0 Å². The van der Waals surface area contributed by atoms with Gasteiger partial charge in [0.1, 0.15) is 5.82 Å². The molecule has 2 rings (SSSR count). The summed E-state index contributed by atoms with van der Waals surface area (Å²) >= 11 is 0. The Morgan fingerprint density at radius 2 is 2.09 bits per heavy atom. The molecule has 1 aromatic heterocycles. The molecular formula is C16H19N3O4. The molecule has 7 heteroatoms. The van der Waals surface area contributed by atoms with Crippen molar-refractivity contribution in [2.24, 2.45) is 0 Å². The minimum Gasteiger partial charge on any atom is -0.453 e. The summed E-state index contributed by atoms with van der Waals surface area (Å²) in [6.45, 7) is 3.77. The van der Waals surface area contributed by atoms with E-state index in [1.165, 1.54) is 6.92 Å². The van der Waals surface area contributed by atoms with Crippen molar-refractivity contribution in [3.05, 3.63) is 40.4 Å². The highest BCUT2D eigenvalue weighted by atomic mass is 16.5. The largest absolute Gasteiger partial charge is 0.453 e. The number of nitrogens with one attached hydrogen (secondary N) is 2. The van der Waals surface area contributed by atoms with E-state index in [-0.39, 0.29) is 24.3 Å². The Balaban J connectivity index is 1.97. The third kappa shape index (κ3) is 4.38. The van der Waals surface area contributed by atoms with E-state index < -0.39 is 12.1 Å². The van der Waals surface area contributed by atoms with Crippen molar-refractivity contribution in [3.8, 4) is 0 Å². The van der Waals surface area contributed by atoms with Crippen molar-refractivity contribution in [2.75, 3.05) is 6.54 Å². The van der Waals surface area contributed by atoms with Gasteiger partial charge in [0.15, 0.2) is 6.10 Å². The molecule has 7 nitrogen and oxygen atoms in total. The van der Waals surface area contributed by atoms with Crippen molar-refractivity contribution in [1.29, 1.82) is 0 Å². The monoisotopic (exact) mass is 317 g/mol. The van der Waals surface area contributed by atoms with Gasteiger partial charge in [-0.25, -0.2) is 4.98 Å². The number of aromatic nitrogens is 2. The van der Waals surface area contributed by atoms with Gasteiger partial charge in [-0.15, -0.1) is 0 Å². The van der Waals surface area contributed by atoms with Crippen LogP contribution < -0.4 is 10.9 Å². The first-order chi connectivity index (χ1) is 11.0. The average molecular weight is 317 g/mol. The maximum absolute atomic E-state index is 11.9. The first kappa shape index (κ1) is 16.7. The SMILES string of the molecule is CCNC(=O)[C@H](C)OC(=O)CCc1nc2ccccc2c(=O)[nH]1. The number of carbonyl (C=O) groups excluding carboxylic acids is 2. The summed E-state index contributed by atoms with van der Waals surface area (Å²) in [4.78, 5) is 42.1. The number of carbonyl (C=O) groups is 2. The Kier molecular flexibility index (Phi) is 5.46. The summed E-state index contributed by atoms with van der Waals surface area (Å²) in [6.07, 6.45) is -0.572. The lowest BCUT2D eigenvalue weighted by Crippen LogP contribution is -2.35. The predicted octanol–water partition coefficient (Wildman–Crippen LogP) is 0.923. The molecule has 0 aliphatic carbocycles. The minimum atomic E-state index is -0.842. The molecule has 1 amide bonds. The van der Waals surface area contributed by atoms with Crippen LogP contribution in [0.4, 0.5) is 0 Å². The van der Waals surface area contributed by atoms with E-state index in [2.05, 4.69) is 15.3 Å². The van der Waals surface area contributed by atoms with E-state index in [0.29, 0.717) is 23.3 Å². The maximum Gasteiger partial charge on any atom is 0.307 e. The van der Waals surface area contributed by atoms with Crippen LogP contribution in [0.25, 0.3) is 10.9 Å². The van der Waals surface area contributed by atoms with Gasteiger partial charge in [0.25, 0.3) is 11.5 Å². The minimum absolute atomic E-state index is 0.0328. The van der Waals surface area contributed by atoms with Crippen LogP contribution in [-0.4, -0.2) is 34.5 Å². The molecule has 0 aliphatic heterocycles. The Morgan fingerprint density at radius 1 is 1.35 bits per heavy atom. The molecule has 0 saturated heterocycles. The highest BCUT2D eigenvalue weighted by molar-refractivity contribution is 5.83. The summed E-state index contributed by atoms with van der Waals surface area (Å²) in [7, 11) is 0. The van der Waals surface area contributed by atoms with Crippen molar-refractivity contribution >= 4 is 22.8 Å². The zero-order valence-electron chi connectivity index (χ0n) is 13.1. The normalized spacial score (nSPS) is 11.9. The smallest absolute Gasteiger partial charge is 0.307 e. The van der Waals surface area contributed by atoms with Crippen molar-refractivity contribution < 1.29 is 14.3 Å². The van der Waals surface area contributed by atoms with Crippen LogP contribution in [-0.2, 0) is 20.7 Å². The van der Waals surface area contributed by atoms with Gasteiger partial charge in [0.2, 0.25) is 0 Å². The van der Waals surface area contributed by atoms with Gasteiger partial charge in [0.05, 0.1) is 17.3 Å². The second-order valence-corrected chi connectivity index (χ2v) is 5.06. The molecule has 0 spiro atoms. The summed E-state index contributed by atoms with van der Waals surface area (Å²) in [5.41, 5.74) is 0.338. The molecule has 0 radical (unpaired) electrons. The molecule has 0 fully saturated rings. The number of rotatable bonds is 6. The van der Waals surface area contributed by atoms with Crippen LogP contribution in [0.2, 0.25) is 0 Å². The third-order valence-corrected chi connectivity index (χ3v) is 3.26. The van der Waals surface area contributed by atoms with Crippen molar-refractivity contribution in [3.63, 3.8) is 0 Å². The second kappa shape index (κ2) is 7.53. The van der Waals surface area contributed by atoms with Gasteiger partial charge in [-0.1, -0.05) is 12.1 Å². The molecule has 0 unspecified atom stereocenters. The highest BCUT2D eigenvalue weighted by Crippen LogP contribution is 2.07. The Bertz CT molecular complexity index is 769. The number of para-hydroxylation sites is 1. The number of aryl methyl sites for hydroxylation is 1. The zero-order valence-corrected chi connectivity index (χ0v) is 13.1. The highest BCUT2D eigenvalue weighted by Gasteiger charge is 2.17. The number of benzene rings is 1. The zero-order chi connectivity index (χ0) is 16.8.